The maximum absolute atomic E-state index is 12.7. The molecule has 5 heteroatoms. The van der Waals surface area contributed by atoms with E-state index in [0.29, 0.717) is 31.0 Å². The van der Waals surface area contributed by atoms with E-state index in [0.717, 1.165) is 37.1 Å². The molecule has 2 rings (SSSR count). The topological polar surface area (TPSA) is 58.6 Å². The third-order valence-electron chi connectivity index (χ3n) is 4.53. The van der Waals surface area contributed by atoms with Crippen LogP contribution in [0.5, 0.6) is 5.75 Å². The van der Waals surface area contributed by atoms with Gasteiger partial charge in [0.15, 0.2) is 0 Å². The van der Waals surface area contributed by atoms with E-state index in [1.165, 1.54) is 0 Å². The molecular weight excluding hydrogens is 304 g/mol. The van der Waals surface area contributed by atoms with Crippen LogP contribution in [0.4, 0.5) is 0 Å². The van der Waals surface area contributed by atoms with Crippen LogP contribution >= 0.6 is 0 Å². The fourth-order valence-electron chi connectivity index (χ4n) is 3.13. The number of hydrogen-bond donors (Lipinski definition) is 1. The minimum atomic E-state index is 0.0397. The van der Waals surface area contributed by atoms with Gasteiger partial charge in [0.05, 0.1) is 7.11 Å². The highest BCUT2D eigenvalue weighted by Crippen LogP contribution is 2.22. The molecule has 0 bridgehead atoms. The van der Waals surface area contributed by atoms with Crippen molar-refractivity contribution in [1.29, 1.82) is 0 Å². The zero-order valence-electron chi connectivity index (χ0n) is 14.9. The lowest BCUT2D eigenvalue weighted by atomic mass is 9.97. The molecule has 24 heavy (non-hydrogen) atoms. The van der Waals surface area contributed by atoms with Gasteiger partial charge in [-0.25, -0.2) is 0 Å². The summed E-state index contributed by atoms with van der Waals surface area (Å²) in [6.45, 7) is 6.08. The van der Waals surface area contributed by atoms with Gasteiger partial charge in [0, 0.05) is 31.6 Å². The van der Waals surface area contributed by atoms with E-state index in [4.69, 9.17) is 4.74 Å². The van der Waals surface area contributed by atoms with Crippen LogP contribution in [0.15, 0.2) is 18.2 Å². The number of benzene rings is 1. The molecule has 1 atom stereocenters. The van der Waals surface area contributed by atoms with Crippen LogP contribution in [0.25, 0.3) is 0 Å². The van der Waals surface area contributed by atoms with Crippen molar-refractivity contribution >= 4 is 11.8 Å². The smallest absolute Gasteiger partial charge is 0.253 e. The molecule has 0 aromatic heterocycles. The SMILES string of the molecule is CCCC(=O)NC[C@H]1CCCN(C(=O)c2ccc(C)c(OC)c2)C1. The van der Waals surface area contributed by atoms with Gasteiger partial charge in [0.2, 0.25) is 5.91 Å². The Balaban J connectivity index is 1.96. The Labute approximate surface area is 144 Å². The van der Waals surface area contributed by atoms with Gasteiger partial charge < -0.3 is 15.0 Å². The summed E-state index contributed by atoms with van der Waals surface area (Å²) in [5, 5.41) is 2.98. The molecule has 0 saturated carbocycles. The summed E-state index contributed by atoms with van der Waals surface area (Å²) in [5.74, 6) is 1.21. The summed E-state index contributed by atoms with van der Waals surface area (Å²) >= 11 is 0. The van der Waals surface area contributed by atoms with E-state index >= 15 is 0 Å². The molecule has 1 N–H and O–H groups in total. The molecule has 1 fully saturated rings. The second kappa shape index (κ2) is 8.71. The second-order valence-corrected chi connectivity index (χ2v) is 6.50. The van der Waals surface area contributed by atoms with E-state index in [9.17, 15) is 9.59 Å². The molecule has 2 amide bonds. The average molecular weight is 332 g/mol. The van der Waals surface area contributed by atoms with Gasteiger partial charge in [0.1, 0.15) is 5.75 Å². The molecule has 1 saturated heterocycles. The number of ether oxygens (including phenoxy) is 1. The lowest BCUT2D eigenvalue weighted by molar-refractivity contribution is -0.121. The summed E-state index contributed by atoms with van der Waals surface area (Å²) in [6, 6.07) is 5.58. The fourth-order valence-corrected chi connectivity index (χ4v) is 3.13. The number of likely N-dealkylation sites (tertiary alicyclic amines) is 1. The van der Waals surface area contributed by atoms with Gasteiger partial charge in [-0.15, -0.1) is 0 Å². The zero-order valence-corrected chi connectivity index (χ0v) is 14.9. The molecule has 132 valence electrons. The number of hydrogen-bond acceptors (Lipinski definition) is 3. The third kappa shape index (κ3) is 4.73. The quantitative estimate of drug-likeness (QED) is 0.871. The van der Waals surface area contributed by atoms with Crippen LogP contribution in [0.1, 0.15) is 48.5 Å². The number of nitrogens with one attached hydrogen (secondary N) is 1. The molecule has 0 radical (unpaired) electrons. The largest absolute Gasteiger partial charge is 0.496 e. The summed E-state index contributed by atoms with van der Waals surface area (Å²) in [7, 11) is 1.62. The number of piperidine rings is 1. The zero-order chi connectivity index (χ0) is 17.5. The maximum Gasteiger partial charge on any atom is 0.253 e. The van der Waals surface area contributed by atoms with Crippen molar-refractivity contribution in [2.45, 2.75) is 39.5 Å². The van der Waals surface area contributed by atoms with Gasteiger partial charge in [-0.3, -0.25) is 9.59 Å². The van der Waals surface area contributed by atoms with E-state index in [1.807, 2.05) is 36.9 Å². The van der Waals surface area contributed by atoms with Crippen LogP contribution in [0.3, 0.4) is 0 Å². The normalized spacial score (nSPS) is 17.5. The Bertz CT molecular complexity index is 586. The van der Waals surface area contributed by atoms with Gasteiger partial charge in [0.25, 0.3) is 5.91 Å². The number of carbonyl (C=O) groups is 2. The Hall–Kier alpha value is -2.04. The number of amides is 2. The molecule has 0 spiro atoms. The van der Waals surface area contributed by atoms with Crippen LogP contribution in [-0.4, -0.2) is 43.5 Å². The van der Waals surface area contributed by atoms with Crippen molar-refractivity contribution in [2.24, 2.45) is 5.92 Å². The molecule has 1 aliphatic heterocycles. The number of rotatable bonds is 6. The average Bonchev–Trinajstić information content (AvgIpc) is 2.60. The van der Waals surface area contributed by atoms with Crippen LogP contribution in [0.2, 0.25) is 0 Å². The first kappa shape index (κ1) is 18.3. The molecule has 5 nitrogen and oxygen atoms in total. The number of carbonyl (C=O) groups excluding carboxylic acids is 2. The highest BCUT2D eigenvalue weighted by Gasteiger charge is 2.25. The predicted octanol–water partition coefficient (Wildman–Crippen LogP) is 2.77. The first-order valence-electron chi connectivity index (χ1n) is 8.75. The van der Waals surface area contributed by atoms with Crippen molar-refractivity contribution in [3.63, 3.8) is 0 Å². The molecule has 1 aliphatic rings. The van der Waals surface area contributed by atoms with E-state index in [1.54, 1.807) is 7.11 Å². The van der Waals surface area contributed by atoms with Gasteiger partial charge in [-0.2, -0.15) is 0 Å². The first-order valence-corrected chi connectivity index (χ1v) is 8.75. The molecule has 1 heterocycles. The van der Waals surface area contributed by atoms with Gasteiger partial charge in [-0.05, 0) is 49.8 Å². The minimum absolute atomic E-state index is 0.0397. The molecule has 1 aromatic rings. The highest BCUT2D eigenvalue weighted by atomic mass is 16.5. The van der Waals surface area contributed by atoms with Crippen molar-refractivity contribution in [2.75, 3.05) is 26.7 Å². The minimum Gasteiger partial charge on any atom is -0.496 e. The standard InChI is InChI=1S/C19H28N2O3/c1-4-6-18(22)20-12-15-7-5-10-21(13-15)19(23)16-9-8-14(2)17(11-16)24-3/h8-9,11,15H,4-7,10,12-13H2,1-3H3,(H,20,22)/t15-/m1/s1. The third-order valence-corrected chi connectivity index (χ3v) is 4.53. The molecule has 1 aromatic carbocycles. The molecule has 0 unspecified atom stereocenters. The summed E-state index contributed by atoms with van der Waals surface area (Å²) in [6.07, 6.45) is 3.45. The van der Waals surface area contributed by atoms with Gasteiger partial charge >= 0.3 is 0 Å². The van der Waals surface area contributed by atoms with Crippen molar-refractivity contribution in [3.8, 4) is 5.75 Å². The molecular formula is C19H28N2O3. The lowest BCUT2D eigenvalue weighted by Gasteiger charge is -2.33. The summed E-state index contributed by atoms with van der Waals surface area (Å²) < 4.78 is 5.31. The van der Waals surface area contributed by atoms with Crippen molar-refractivity contribution in [1.82, 2.24) is 10.2 Å². The Kier molecular flexibility index (Phi) is 6.64. The Morgan fingerprint density at radius 3 is 2.88 bits per heavy atom. The second-order valence-electron chi connectivity index (χ2n) is 6.50. The number of nitrogens with zero attached hydrogens (tertiary/aromatic N) is 1. The maximum atomic E-state index is 12.7. The Morgan fingerprint density at radius 1 is 1.38 bits per heavy atom. The first-order chi connectivity index (χ1) is 11.5. The van der Waals surface area contributed by atoms with Crippen molar-refractivity contribution in [3.05, 3.63) is 29.3 Å². The van der Waals surface area contributed by atoms with E-state index < -0.39 is 0 Å². The van der Waals surface area contributed by atoms with Gasteiger partial charge in [-0.1, -0.05) is 13.0 Å². The van der Waals surface area contributed by atoms with Crippen LogP contribution in [0, 0.1) is 12.8 Å². The molecule has 0 aliphatic carbocycles. The summed E-state index contributed by atoms with van der Waals surface area (Å²) in [5.41, 5.74) is 1.68. The lowest BCUT2D eigenvalue weighted by Crippen LogP contribution is -2.43. The van der Waals surface area contributed by atoms with E-state index in [-0.39, 0.29) is 11.8 Å². The van der Waals surface area contributed by atoms with E-state index in [2.05, 4.69) is 5.32 Å². The summed E-state index contributed by atoms with van der Waals surface area (Å²) in [4.78, 5) is 26.3. The van der Waals surface area contributed by atoms with Crippen LogP contribution in [-0.2, 0) is 4.79 Å². The van der Waals surface area contributed by atoms with Crippen molar-refractivity contribution < 1.29 is 14.3 Å². The monoisotopic (exact) mass is 332 g/mol. The number of methoxy groups -OCH3 is 1. The van der Waals surface area contributed by atoms with Crippen LogP contribution < -0.4 is 10.1 Å². The number of aryl methyl sites for hydroxylation is 1. The Morgan fingerprint density at radius 2 is 2.17 bits per heavy atom. The highest BCUT2D eigenvalue weighted by molar-refractivity contribution is 5.94. The predicted molar refractivity (Wildman–Crippen MR) is 94.3 cm³/mol. The fraction of sp³-hybridized carbons (Fsp3) is 0.579.